The molecule has 3 aromatic rings. The van der Waals surface area contributed by atoms with Crippen LogP contribution < -0.4 is 21.2 Å². The third kappa shape index (κ3) is 7.22. The van der Waals surface area contributed by atoms with E-state index in [9.17, 15) is 65.4 Å². The number of nitrogens with one attached hydrogen (secondary N) is 1. The van der Waals surface area contributed by atoms with Gasteiger partial charge in [-0.15, -0.1) is 0 Å². The largest absolute Gasteiger partial charge is 0.507 e. The SMILES string of the molecule is NC1C=CC(Cc2c(OC3OC(C(=O)OC4OC(C(=O)O)C(O)C(O)C4O)C(O)C(O)C3O)cc3oc(-c4ccc(O)c(O)c4)cc(=O)c3c2O)=CN1. The number of rotatable bonds is 8. The predicted molar refractivity (Wildman–Crippen MR) is 173 cm³/mol. The molecule has 53 heavy (non-hydrogen) atoms. The van der Waals surface area contributed by atoms with Gasteiger partial charge in [0, 0.05) is 35.9 Å². The molecule has 6 rings (SSSR count). The fourth-order valence-corrected chi connectivity index (χ4v) is 5.86. The van der Waals surface area contributed by atoms with Crippen LogP contribution in [0, 0.1) is 0 Å². The highest BCUT2D eigenvalue weighted by Gasteiger charge is 2.52. The molecule has 3 aliphatic rings. The van der Waals surface area contributed by atoms with Gasteiger partial charge in [-0.2, -0.15) is 0 Å². The van der Waals surface area contributed by atoms with Gasteiger partial charge in [-0.05, 0) is 29.8 Å². The van der Waals surface area contributed by atoms with Crippen LogP contribution in [0.4, 0.5) is 0 Å². The Hall–Kier alpha value is -5.29. The van der Waals surface area contributed by atoms with Crippen molar-refractivity contribution in [3.05, 3.63) is 70.0 Å². The van der Waals surface area contributed by atoms with Crippen LogP contribution in [0.5, 0.6) is 23.0 Å². The summed E-state index contributed by atoms with van der Waals surface area (Å²) in [5.74, 6) is -5.43. The molecule has 0 amide bonds. The number of esters is 1. The number of nitrogens with two attached hydrogens (primary N) is 1. The maximum absolute atomic E-state index is 13.4. The van der Waals surface area contributed by atoms with E-state index in [2.05, 4.69) is 5.32 Å². The van der Waals surface area contributed by atoms with E-state index >= 15 is 0 Å². The number of ether oxygens (including phenoxy) is 4. The lowest BCUT2D eigenvalue weighted by Gasteiger charge is -2.41. The zero-order valence-corrected chi connectivity index (χ0v) is 27.0. The molecule has 2 fully saturated rings. The Kier molecular flexibility index (Phi) is 10.3. The molecule has 1 aromatic heterocycles. The lowest BCUT2D eigenvalue weighted by molar-refractivity contribution is -0.302. The van der Waals surface area contributed by atoms with Gasteiger partial charge in [-0.1, -0.05) is 6.08 Å². The van der Waals surface area contributed by atoms with Crippen molar-refractivity contribution in [3.63, 3.8) is 0 Å². The van der Waals surface area contributed by atoms with Gasteiger partial charge in [0.15, 0.2) is 29.1 Å². The van der Waals surface area contributed by atoms with E-state index < -0.39 is 102 Å². The van der Waals surface area contributed by atoms with Crippen molar-refractivity contribution in [3.8, 4) is 34.3 Å². The summed E-state index contributed by atoms with van der Waals surface area (Å²) >= 11 is 0. The Morgan fingerprint density at radius 2 is 1.49 bits per heavy atom. The molecule has 284 valence electrons. The van der Waals surface area contributed by atoms with Crippen LogP contribution in [0.3, 0.4) is 0 Å². The standard InChI is InChI=1S/C33H34N2O18/c34-19-4-1-10(9-35-19)5-12-17(8-18-20(21(12)39)15(38)7-16(49-18)11-2-3-13(36)14(37)6-11)50-32-26(44)23(41)25(43)29(52-32)31(48)53-33-27(45)22(40)24(42)28(51-33)30(46)47/h1-4,6-9,19,22-29,32-33,35-37,39-45H,5,34H2,(H,46,47). The van der Waals surface area contributed by atoms with Crippen molar-refractivity contribution < 1.29 is 84.0 Å². The minimum absolute atomic E-state index is 0.0884. The van der Waals surface area contributed by atoms with E-state index in [0.717, 1.165) is 24.3 Å². The molecule has 11 unspecified atom stereocenters. The van der Waals surface area contributed by atoms with Gasteiger partial charge in [0.05, 0.1) is 6.17 Å². The fraction of sp³-hybridized carbons (Fsp3) is 0.364. The molecule has 2 saturated heterocycles. The van der Waals surface area contributed by atoms with Gasteiger partial charge in [0.2, 0.25) is 12.6 Å². The van der Waals surface area contributed by atoms with Crippen molar-refractivity contribution in [1.82, 2.24) is 5.32 Å². The number of dihydropyridines is 1. The molecule has 0 bridgehead atoms. The number of aliphatic hydroxyl groups excluding tert-OH is 6. The van der Waals surface area contributed by atoms with Gasteiger partial charge in [-0.3, -0.25) is 4.79 Å². The maximum Gasteiger partial charge on any atom is 0.340 e. The minimum atomic E-state index is -2.22. The number of carboxylic acid groups (broad SMARTS) is 1. The van der Waals surface area contributed by atoms with Gasteiger partial charge in [0.25, 0.3) is 0 Å². The molecule has 13 N–H and O–H groups in total. The molecule has 11 atom stereocenters. The molecule has 0 spiro atoms. The second-order valence-corrected chi connectivity index (χ2v) is 12.4. The van der Waals surface area contributed by atoms with Crippen LogP contribution in [-0.4, -0.2) is 131 Å². The van der Waals surface area contributed by atoms with E-state index in [0.29, 0.717) is 5.57 Å². The zero-order chi connectivity index (χ0) is 38.5. The molecule has 3 aliphatic heterocycles. The smallest absolute Gasteiger partial charge is 0.340 e. The lowest BCUT2D eigenvalue weighted by Crippen LogP contribution is -2.63. The van der Waals surface area contributed by atoms with Crippen molar-refractivity contribution in [2.24, 2.45) is 5.73 Å². The Bertz CT molecular complexity index is 2030. The molecule has 0 aliphatic carbocycles. The number of phenolic OH excluding ortho intramolecular Hbond substituents is 3. The Morgan fingerprint density at radius 3 is 2.13 bits per heavy atom. The van der Waals surface area contributed by atoms with Crippen LogP contribution in [-0.2, 0) is 30.2 Å². The molecule has 4 heterocycles. The molecular weight excluding hydrogens is 712 g/mol. The van der Waals surface area contributed by atoms with Crippen LogP contribution in [0.15, 0.2) is 63.5 Å². The summed E-state index contributed by atoms with van der Waals surface area (Å²) in [4.78, 5) is 38.0. The summed E-state index contributed by atoms with van der Waals surface area (Å²) in [7, 11) is 0. The normalized spacial score (nSPS) is 31.4. The highest BCUT2D eigenvalue weighted by atomic mass is 16.7. The first kappa shape index (κ1) is 37.5. The number of fused-ring (bicyclic) bond motifs is 1. The van der Waals surface area contributed by atoms with Crippen LogP contribution in [0.2, 0.25) is 0 Å². The van der Waals surface area contributed by atoms with E-state index in [1.54, 1.807) is 12.2 Å². The van der Waals surface area contributed by atoms with Crippen molar-refractivity contribution in [1.29, 1.82) is 0 Å². The van der Waals surface area contributed by atoms with Gasteiger partial charge in [0.1, 0.15) is 64.9 Å². The number of carbonyl (C=O) groups excluding carboxylic acids is 1. The topological polar surface area (TPSA) is 342 Å². The highest BCUT2D eigenvalue weighted by molar-refractivity contribution is 5.88. The second kappa shape index (κ2) is 14.6. The third-order valence-electron chi connectivity index (χ3n) is 8.77. The van der Waals surface area contributed by atoms with Crippen LogP contribution in [0.1, 0.15) is 5.56 Å². The van der Waals surface area contributed by atoms with E-state index in [1.807, 2.05) is 0 Å². The molecule has 20 nitrogen and oxygen atoms in total. The molecular formula is C33H34N2O18. The first-order valence-electron chi connectivity index (χ1n) is 15.8. The number of benzene rings is 2. The molecule has 0 radical (unpaired) electrons. The summed E-state index contributed by atoms with van der Waals surface area (Å²) < 4.78 is 27.1. The second-order valence-electron chi connectivity index (χ2n) is 12.4. The summed E-state index contributed by atoms with van der Waals surface area (Å²) in [6, 6.07) is 5.77. The quantitative estimate of drug-likeness (QED) is 0.0810. The third-order valence-corrected chi connectivity index (χ3v) is 8.77. The van der Waals surface area contributed by atoms with Crippen LogP contribution >= 0.6 is 0 Å². The van der Waals surface area contributed by atoms with E-state index in [-0.39, 0.29) is 40.0 Å². The number of aliphatic carboxylic acids is 1. The number of carboxylic acids is 1. The average molecular weight is 747 g/mol. The number of aliphatic hydroxyl groups is 6. The van der Waals surface area contributed by atoms with Gasteiger partial charge >= 0.3 is 11.9 Å². The Balaban J connectivity index is 1.35. The lowest BCUT2D eigenvalue weighted by atomic mass is 9.97. The molecule has 2 aromatic carbocycles. The first-order chi connectivity index (χ1) is 25.0. The Labute approximate surface area is 296 Å². The number of aromatic hydroxyl groups is 3. The summed E-state index contributed by atoms with van der Waals surface area (Å²) in [5.41, 5.74) is 5.37. The number of hydrogen-bond acceptors (Lipinski definition) is 19. The van der Waals surface area contributed by atoms with Gasteiger partial charge < -0.3 is 85.5 Å². The summed E-state index contributed by atoms with van der Waals surface area (Å²) in [5, 5.41) is 105. The molecule has 20 heteroatoms. The number of carbonyl (C=O) groups is 2. The van der Waals surface area contributed by atoms with Gasteiger partial charge in [-0.25, -0.2) is 9.59 Å². The first-order valence-corrected chi connectivity index (χ1v) is 15.8. The average Bonchev–Trinajstić information content (AvgIpc) is 3.11. The monoisotopic (exact) mass is 746 g/mol. The summed E-state index contributed by atoms with van der Waals surface area (Å²) in [6.45, 7) is 0. The Morgan fingerprint density at radius 1 is 0.830 bits per heavy atom. The van der Waals surface area contributed by atoms with Crippen molar-refractivity contribution in [2.75, 3.05) is 0 Å². The van der Waals surface area contributed by atoms with E-state index in [1.165, 1.54) is 12.3 Å². The molecule has 0 saturated carbocycles. The minimum Gasteiger partial charge on any atom is -0.507 e. The van der Waals surface area contributed by atoms with Crippen LogP contribution in [0.25, 0.3) is 22.3 Å². The predicted octanol–water partition coefficient (Wildman–Crippen LogP) is -2.93. The van der Waals surface area contributed by atoms with Crippen molar-refractivity contribution in [2.45, 2.75) is 74.0 Å². The zero-order valence-electron chi connectivity index (χ0n) is 27.0. The number of hydrogen-bond donors (Lipinski definition) is 12. The van der Waals surface area contributed by atoms with Crippen molar-refractivity contribution >= 4 is 22.9 Å². The highest BCUT2D eigenvalue weighted by Crippen LogP contribution is 2.40. The maximum atomic E-state index is 13.4. The van der Waals surface area contributed by atoms with E-state index in [4.69, 9.17) is 29.1 Å². The number of phenols is 3. The summed E-state index contributed by atoms with van der Waals surface area (Å²) in [6.07, 6.45) is -17.5. The fourth-order valence-electron chi connectivity index (χ4n) is 5.86. The number of allylic oxidation sites excluding steroid dienone is 2.